The molecule has 0 aliphatic carbocycles. The molecular weight excluding hydrogens is 111 g/mol. The van der Waals surface area contributed by atoms with E-state index in [-0.39, 0.29) is 18.9 Å². The van der Waals surface area contributed by atoms with E-state index in [1.165, 1.54) is 10.4 Å². The van der Waals surface area contributed by atoms with E-state index in [0.29, 0.717) is 0 Å². The summed E-state index contributed by atoms with van der Waals surface area (Å²) in [6.07, 6.45) is 0. The molecule has 0 saturated carbocycles. The van der Waals surface area contributed by atoms with E-state index < -0.39 is 0 Å². The third kappa shape index (κ3) is 1.67. The Labute approximate surface area is 66.1 Å². The third-order valence-corrected chi connectivity index (χ3v) is 1.91. The number of hydrogen-bond acceptors (Lipinski definition) is 1. The fourth-order valence-electron chi connectivity index (χ4n) is 0.388. The van der Waals surface area contributed by atoms with Gasteiger partial charge < -0.3 is 11.3 Å². The molecule has 0 aromatic carbocycles. The summed E-state index contributed by atoms with van der Waals surface area (Å²) >= 11 is 1.68. The molecule has 0 aliphatic rings. The van der Waals surface area contributed by atoms with Crippen LogP contribution in [0.25, 0.3) is 0 Å². The predicted octanol–water partition coefficient (Wildman–Crippen LogP) is -0.831. The zero-order valence-electron chi connectivity index (χ0n) is 5.49. The van der Waals surface area contributed by atoms with Crippen LogP contribution in [0.5, 0.6) is 0 Å². The van der Waals surface area contributed by atoms with Gasteiger partial charge in [-0.2, -0.15) is 11.6 Å². The maximum absolute atomic E-state index is 3.04. The summed E-state index contributed by atoms with van der Waals surface area (Å²) in [4.78, 5) is 1.38. The molecule has 0 atom stereocenters. The third-order valence-electron chi connectivity index (χ3n) is 1.04. The Hall–Kier alpha value is 0.297. The molecule has 0 spiro atoms. The van der Waals surface area contributed by atoms with Gasteiger partial charge in [0.2, 0.25) is 0 Å². The summed E-state index contributed by atoms with van der Waals surface area (Å²) in [5.41, 5.74) is 1.35. The van der Waals surface area contributed by atoms with Crippen molar-refractivity contribution in [2.24, 2.45) is 0 Å². The molecule has 0 fully saturated rings. The Bertz CT molecular complexity index is 141. The van der Waals surface area contributed by atoms with Crippen molar-refractivity contribution in [1.82, 2.24) is 0 Å². The van der Waals surface area contributed by atoms with Crippen molar-refractivity contribution < 1.29 is 18.9 Å². The van der Waals surface area contributed by atoms with Crippen molar-refractivity contribution in [3.8, 4) is 0 Å². The number of thiophene rings is 1. The van der Waals surface area contributed by atoms with Crippen LogP contribution in [-0.4, -0.2) is 0 Å². The van der Waals surface area contributed by atoms with Crippen LogP contribution in [0, 0.1) is 19.2 Å². The summed E-state index contributed by atoms with van der Waals surface area (Å²) in [7, 11) is 0. The van der Waals surface area contributed by atoms with Crippen molar-refractivity contribution in [3.05, 3.63) is 21.9 Å². The van der Waals surface area contributed by atoms with Crippen LogP contribution in [0.2, 0.25) is 0 Å². The second-order valence-electron chi connectivity index (χ2n) is 1.60. The van der Waals surface area contributed by atoms with Crippen LogP contribution in [0.1, 0.15) is 10.4 Å². The van der Waals surface area contributed by atoms with Crippen LogP contribution < -0.4 is 18.9 Å². The molecule has 1 heterocycles. The molecule has 0 aliphatic heterocycles. The maximum atomic E-state index is 3.04. The minimum atomic E-state index is 0. The number of hydrogen-bond donors (Lipinski definition) is 0. The first kappa shape index (κ1) is 8.30. The quantitative estimate of drug-likeness (QED) is 0.308. The van der Waals surface area contributed by atoms with Crippen LogP contribution in [0.4, 0.5) is 0 Å². The fraction of sp³-hybridized carbons (Fsp3) is 0.333. The van der Waals surface area contributed by atoms with E-state index >= 15 is 0 Å². The smallest absolute Gasteiger partial charge is 0.300 e. The summed E-state index contributed by atoms with van der Waals surface area (Å²) in [6, 6.07) is 2.01. The molecule has 1 aromatic heterocycles. The van der Waals surface area contributed by atoms with Gasteiger partial charge in [0.1, 0.15) is 0 Å². The van der Waals surface area contributed by atoms with E-state index in [1.54, 1.807) is 11.3 Å². The second-order valence-corrected chi connectivity index (χ2v) is 2.66. The van der Waals surface area contributed by atoms with Gasteiger partial charge in [-0.05, 0) is 0 Å². The molecule has 0 nitrogen and oxygen atoms in total. The molecule has 38 valence electrons. The van der Waals surface area contributed by atoms with E-state index in [9.17, 15) is 0 Å². The van der Waals surface area contributed by atoms with Gasteiger partial charge >= 0.3 is 18.9 Å². The summed E-state index contributed by atoms with van der Waals surface area (Å²) in [5.74, 6) is 0. The summed E-state index contributed by atoms with van der Waals surface area (Å²) < 4.78 is 0. The average Bonchev–Trinajstić information content (AvgIpc) is 1.91. The molecular formula is C6H7LiS. The van der Waals surface area contributed by atoms with Gasteiger partial charge in [0.15, 0.2) is 0 Å². The van der Waals surface area contributed by atoms with Gasteiger partial charge in [0.05, 0.1) is 0 Å². The SMILES string of the molecule is Cc1c[c-]sc1C.[Li+]. The second kappa shape index (κ2) is 3.35. The van der Waals surface area contributed by atoms with Crippen molar-refractivity contribution in [1.29, 1.82) is 0 Å². The molecule has 1 aromatic rings. The zero-order valence-corrected chi connectivity index (χ0v) is 6.30. The van der Waals surface area contributed by atoms with E-state index in [2.05, 4.69) is 19.2 Å². The first-order valence-corrected chi connectivity index (χ1v) is 3.05. The average molecular weight is 118 g/mol. The molecule has 8 heavy (non-hydrogen) atoms. The normalized spacial score (nSPS) is 8.25. The van der Waals surface area contributed by atoms with Gasteiger partial charge in [-0.1, -0.05) is 13.8 Å². The topological polar surface area (TPSA) is 0 Å². The first-order valence-electron chi connectivity index (χ1n) is 2.24. The molecule has 0 bridgehead atoms. The van der Waals surface area contributed by atoms with E-state index in [4.69, 9.17) is 0 Å². The van der Waals surface area contributed by atoms with Crippen LogP contribution in [-0.2, 0) is 0 Å². The van der Waals surface area contributed by atoms with Gasteiger partial charge in [-0.25, -0.2) is 0 Å². The minimum absolute atomic E-state index is 0. The fourth-order valence-corrected chi connectivity index (χ4v) is 1.02. The number of rotatable bonds is 0. The van der Waals surface area contributed by atoms with Crippen LogP contribution >= 0.6 is 11.3 Å². The van der Waals surface area contributed by atoms with Crippen molar-refractivity contribution >= 4 is 11.3 Å². The Balaban J connectivity index is 0.000000490. The maximum Gasteiger partial charge on any atom is 1.00 e. The van der Waals surface area contributed by atoms with Crippen LogP contribution in [0.15, 0.2) is 6.07 Å². The van der Waals surface area contributed by atoms with E-state index in [0.717, 1.165) is 0 Å². The predicted molar refractivity (Wildman–Crippen MR) is 32.6 cm³/mol. The number of aryl methyl sites for hydroxylation is 2. The molecule has 0 radical (unpaired) electrons. The largest absolute Gasteiger partial charge is 1.00 e. The Morgan fingerprint density at radius 1 is 1.50 bits per heavy atom. The molecule has 1 rings (SSSR count). The Morgan fingerprint density at radius 2 is 2.12 bits per heavy atom. The molecule has 0 amide bonds. The van der Waals surface area contributed by atoms with Crippen molar-refractivity contribution in [2.75, 3.05) is 0 Å². The van der Waals surface area contributed by atoms with Gasteiger partial charge in [0.25, 0.3) is 0 Å². The first-order chi connectivity index (χ1) is 3.30. The Morgan fingerprint density at radius 3 is 2.25 bits per heavy atom. The van der Waals surface area contributed by atoms with Crippen molar-refractivity contribution in [2.45, 2.75) is 13.8 Å². The standard InChI is InChI=1S/C6H7S.Li/c1-5-3-4-7-6(5)2;/h3H,1-2H3;/q-1;+1. The summed E-state index contributed by atoms with van der Waals surface area (Å²) in [6.45, 7) is 4.21. The van der Waals surface area contributed by atoms with Crippen LogP contribution in [0.3, 0.4) is 0 Å². The van der Waals surface area contributed by atoms with Gasteiger partial charge in [-0.15, -0.1) is 10.3 Å². The summed E-state index contributed by atoms with van der Waals surface area (Å²) in [5, 5.41) is 3.04. The molecule has 2 heteroatoms. The molecule has 0 unspecified atom stereocenters. The molecule has 0 saturated heterocycles. The van der Waals surface area contributed by atoms with Crippen molar-refractivity contribution in [3.63, 3.8) is 0 Å². The molecule has 0 N–H and O–H groups in total. The van der Waals surface area contributed by atoms with Gasteiger partial charge in [0, 0.05) is 0 Å². The van der Waals surface area contributed by atoms with E-state index in [1.807, 2.05) is 6.07 Å². The monoisotopic (exact) mass is 118 g/mol. The Kier molecular flexibility index (Phi) is 3.47. The minimum Gasteiger partial charge on any atom is -0.300 e. The zero-order chi connectivity index (χ0) is 5.28. The van der Waals surface area contributed by atoms with Gasteiger partial charge in [-0.3, -0.25) is 0 Å².